The number of aryl methyl sites for hydroxylation is 1. The third kappa shape index (κ3) is 6.79. The Labute approximate surface area is 202 Å². The Balaban J connectivity index is 1.82. The number of amides is 1. The number of hydrogen-bond acceptors (Lipinski definition) is 5. The van der Waals surface area contributed by atoms with Crippen LogP contribution in [0.2, 0.25) is 10.0 Å². The van der Waals surface area contributed by atoms with Crippen molar-refractivity contribution in [3.63, 3.8) is 0 Å². The van der Waals surface area contributed by atoms with Crippen LogP contribution in [0.15, 0.2) is 76.7 Å². The molecule has 0 bridgehead atoms. The summed E-state index contributed by atoms with van der Waals surface area (Å²) in [5, 5.41) is 14.0. The Hall–Kier alpha value is -2.91. The van der Waals surface area contributed by atoms with E-state index < -0.39 is 22.5 Å². The maximum atomic E-state index is 13.3. The van der Waals surface area contributed by atoms with Crippen molar-refractivity contribution in [2.24, 2.45) is 5.10 Å². The Bertz CT molecular complexity index is 1280. The third-order valence-electron chi connectivity index (χ3n) is 4.61. The third-order valence-corrected chi connectivity index (χ3v) is 7.01. The molecule has 0 aromatic heterocycles. The van der Waals surface area contributed by atoms with Gasteiger partial charge in [-0.2, -0.15) is 9.41 Å². The first-order chi connectivity index (χ1) is 15.6. The van der Waals surface area contributed by atoms with Gasteiger partial charge in [-0.1, -0.05) is 59.1 Å². The van der Waals surface area contributed by atoms with Crippen molar-refractivity contribution >= 4 is 45.3 Å². The van der Waals surface area contributed by atoms with Crippen molar-refractivity contribution in [2.45, 2.75) is 18.4 Å². The van der Waals surface area contributed by atoms with Gasteiger partial charge >= 0.3 is 0 Å². The summed E-state index contributed by atoms with van der Waals surface area (Å²) in [6.45, 7) is 1.21. The first-order valence-corrected chi connectivity index (χ1v) is 12.0. The highest BCUT2D eigenvalue weighted by Gasteiger charge is 2.27. The summed E-state index contributed by atoms with van der Waals surface area (Å²) in [4.78, 5) is 12.6. The quantitative estimate of drug-likeness (QED) is 0.351. The smallest absolute Gasteiger partial charge is 0.255 e. The molecule has 172 valence electrons. The summed E-state index contributed by atoms with van der Waals surface area (Å²) >= 11 is 12.2. The van der Waals surface area contributed by atoms with Crippen LogP contribution in [-0.4, -0.2) is 36.5 Å². The van der Waals surface area contributed by atoms with E-state index in [4.69, 9.17) is 23.2 Å². The standard InChI is InChI=1S/C23H21Cl2N3O4S/c1-16-5-9-21(10-6-16)33(31,32)28(14-18-7-8-19(24)12-22(18)25)15-23(30)27-26-13-17-3-2-4-20(29)11-17/h2-13,29H,14-15H2,1H3,(H,27,30)/b26-13-. The van der Waals surface area contributed by atoms with Gasteiger partial charge in [-0.25, -0.2) is 13.8 Å². The van der Waals surface area contributed by atoms with Gasteiger partial charge < -0.3 is 5.11 Å². The lowest BCUT2D eigenvalue weighted by Crippen LogP contribution is -2.39. The van der Waals surface area contributed by atoms with Crippen molar-refractivity contribution < 1.29 is 18.3 Å². The van der Waals surface area contributed by atoms with Crippen LogP contribution in [0.5, 0.6) is 5.75 Å². The average molecular weight is 506 g/mol. The molecular weight excluding hydrogens is 485 g/mol. The molecule has 0 aliphatic heterocycles. The van der Waals surface area contributed by atoms with Crippen molar-refractivity contribution in [3.05, 3.63) is 93.5 Å². The number of carbonyl (C=O) groups is 1. The normalized spacial score (nSPS) is 11.8. The molecule has 0 radical (unpaired) electrons. The number of halogens is 2. The number of hydrazone groups is 1. The van der Waals surface area contributed by atoms with Gasteiger partial charge in [0, 0.05) is 16.6 Å². The minimum Gasteiger partial charge on any atom is -0.508 e. The lowest BCUT2D eigenvalue weighted by molar-refractivity contribution is -0.121. The Morgan fingerprint density at radius 3 is 2.48 bits per heavy atom. The number of hydrogen-bond donors (Lipinski definition) is 2. The molecule has 0 spiro atoms. The molecule has 0 fully saturated rings. The van der Waals surface area contributed by atoms with Crippen LogP contribution in [0.3, 0.4) is 0 Å². The zero-order valence-electron chi connectivity index (χ0n) is 17.6. The predicted octanol–water partition coefficient (Wildman–Crippen LogP) is 4.35. The van der Waals surface area contributed by atoms with Crippen LogP contribution in [0.25, 0.3) is 0 Å². The summed E-state index contributed by atoms with van der Waals surface area (Å²) in [6.07, 6.45) is 1.34. The van der Waals surface area contributed by atoms with E-state index in [0.29, 0.717) is 16.1 Å². The second-order valence-corrected chi connectivity index (χ2v) is 9.99. The van der Waals surface area contributed by atoms with Crippen LogP contribution in [0.4, 0.5) is 0 Å². The van der Waals surface area contributed by atoms with Crippen molar-refractivity contribution in [1.82, 2.24) is 9.73 Å². The molecule has 10 heteroatoms. The average Bonchev–Trinajstić information content (AvgIpc) is 2.75. The molecule has 2 N–H and O–H groups in total. The van der Waals surface area contributed by atoms with E-state index in [9.17, 15) is 18.3 Å². The predicted molar refractivity (Wildman–Crippen MR) is 129 cm³/mol. The fourth-order valence-electron chi connectivity index (χ4n) is 2.90. The van der Waals surface area contributed by atoms with E-state index in [-0.39, 0.29) is 22.2 Å². The first kappa shape index (κ1) is 24.7. The minimum absolute atomic E-state index is 0.0502. The molecule has 0 heterocycles. The fourth-order valence-corrected chi connectivity index (χ4v) is 4.75. The number of rotatable bonds is 8. The molecule has 3 aromatic rings. The molecule has 3 rings (SSSR count). The number of benzene rings is 3. The highest BCUT2D eigenvalue weighted by atomic mass is 35.5. The van der Waals surface area contributed by atoms with Crippen LogP contribution in [0, 0.1) is 6.92 Å². The Kier molecular flexibility index (Phi) is 8.10. The Morgan fingerprint density at radius 2 is 1.82 bits per heavy atom. The number of phenols is 1. The van der Waals surface area contributed by atoms with Crippen LogP contribution in [-0.2, 0) is 21.4 Å². The molecule has 0 saturated heterocycles. The van der Waals surface area contributed by atoms with E-state index >= 15 is 0 Å². The maximum Gasteiger partial charge on any atom is 0.255 e. The largest absolute Gasteiger partial charge is 0.508 e. The number of nitrogens with zero attached hydrogens (tertiary/aromatic N) is 2. The summed E-state index contributed by atoms with van der Waals surface area (Å²) in [7, 11) is -4.02. The highest BCUT2D eigenvalue weighted by molar-refractivity contribution is 7.89. The van der Waals surface area contributed by atoms with Gasteiger partial charge in [-0.15, -0.1) is 0 Å². The molecule has 0 saturated carbocycles. The van der Waals surface area contributed by atoms with Gasteiger partial charge in [0.25, 0.3) is 5.91 Å². The number of aromatic hydroxyl groups is 1. The van der Waals surface area contributed by atoms with Gasteiger partial charge in [0.2, 0.25) is 10.0 Å². The van der Waals surface area contributed by atoms with E-state index in [0.717, 1.165) is 9.87 Å². The van der Waals surface area contributed by atoms with Gasteiger partial charge in [0.15, 0.2) is 0 Å². The van der Waals surface area contributed by atoms with Crippen molar-refractivity contribution in [1.29, 1.82) is 0 Å². The van der Waals surface area contributed by atoms with E-state index in [2.05, 4.69) is 10.5 Å². The number of nitrogens with one attached hydrogen (secondary N) is 1. The van der Waals surface area contributed by atoms with Gasteiger partial charge in [0.05, 0.1) is 17.7 Å². The van der Waals surface area contributed by atoms with Crippen molar-refractivity contribution in [3.8, 4) is 5.75 Å². The van der Waals surface area contributed by atoms with Gasteiger partial charge in [-0.3, -0.25) is 4.79 Å². The van der Waals surface area contributed by atoms with Gasteiger partial charge in [-0.05, 0) is 54.4 Å². The zero-order valence-corrected chi connectivity index (χ0v) is 19.9. The van der Waals surface area contributed by atoms with Crippen LogP contribution >= 0.6 is 23.2 Å². The number of sulfonamides is 1. The van der Waals surface area contributed by atoms with Gasteiger partial charge in [0.1, 0.15) is 5.75 Å². The lowest BCUT2D eigenvalue weighted by Gasteiger charge is -2.22. The SMILES string of the molecule is Cc1ccc(S(=O)(=O)N(CC(=O)N/N=C\c2cccc(O)c2)Cc2ccc(Cl)cc2Cl)cc1. The van der Waals surface area contributed by atoms with E-state index in [1.54, 1.807) is 36.4 Å². The highest BCUT2D eigenvalue weighted by Crippen LogP contribution is 2.25. The second kappa shape index (κ2) is 10.8. The molecule has 3 aromatic carbocycles. The molecule has 0 aliphatic carbocycles. The lowest BCUT2D eigenvalue weighted by atomic mass is 10.2. The molecule has 33 heavy (non-hydrogen) atoms. The molecule has 0 aliphatic rings. The van der Waals surface area contributed by atoms with E-state index in [1.807, 2.05) is 6.92 Å². The maximum absolute atomic E-state index is 13.3. The molecule has 1 amide bonds. The zero-order chi connectivity index (χ0) is 24.0. The fraction of sp³-hybridized carbons (Fsp3) is 0.130. The van der Waals surface area contributed by atoms with Crippen LogP contribution < -0.4 is 5.43 Å². The molecule has 0 unspecified atom stereocenters. The van der Waals surface area contributed by atoms with Crippen molar-refractivity contribution in [2.75, 3.05) is 6.54 Å². The number of phenolic OH excluding ortho intramolecular Hbond substituents is 1. The summed E-state index contributed by atoms with van der Waals surface area (Å²) in [5.41, 5.74) is 4.27. The van der Waals surface area contributed by atoms with Crippen LogP contribution in [0.1, 0.15) is 16.7 Å². The summed E-state index contributed by atoms with van der Waals surface area (Å²) in [6, 6.07) is 17.3. The summed E-state index contributed by atoms with van der Waals surface area (Å²) in [5.74, 6) is -0.590. The topological polar surface area (TPSA) is 99.1 Å². The molecule has 7 nitrogen and oxygen atoms in total. The molecular formula is C23H21Cl2N3O4S. The monoisotopic (exact) mass is 505 g/mol. The second-order valence-electron chi connectivity index (χ2n) is 7.21. The Morgan fingerprint density at radius 1 is 1.09 bits per heavy atom. The summed E-state index contributed by atoms with van der Waals surface area (Å²) < 4.78 is 27.6. The minimum atomic E-state index is -4.02. The molecule has 0 atom stereocenters. The first-order valence-electron chi connectivity index (χ1n) is 9.77. The van der Waals surface area contributed by atoms with E-state index in [1.165, 1.54) is 36.5 Å². The number of carbonyl (C=O) groups excluding carboxylic acids is 1.